The van der Waals surface area contributed by atoms with Gasteiger partial charge in [0.2, 0.25) is 0 Å². The van der Waals surface area contributed by atoms with E-state index >= 15 is 0 Å². The van der Waals surface area contributed by atoms with Crippen LogP contribution < -0.4 is 10.6 Å². The molecule has 0 atom stereocenters. The SMILES string of the molecule is O=C(NCCO)NCc1c(F)cc(Br)cc1F. The van der Waals surface area contributed by atoms with Crippen LogP contribution in [0.5, 0.6) is 0 Å². The Balaban J connectivity index is 2.60. The van der Waals surface area contributed by atoms with Crippen LogP contribution in [0, 0.1) is 11.6 Å². The smallest absolute Gasteiger partial charge is 0.315 e. The minimum absolute atomic E-state index is 0.0805. The van der Waals surface area contributed by atoms with Crippen molar-refractivity contribution in [3.63, 3.8) is 0 Å². The maximum absolute atomic E-state index is 13.3. The van der Waals surface area contributed by atoms with Gasteiger partial charge in [0.05, 0.1) is 13.2 Å². The molecule has 0 saturated carbocycles. The van der Waals surface area contributed by atoms with Gasteiger partial charge in [-0.05, 0) is 12.1 Å². The van der Waals surface area contributed by atoms with Crippen molar-refractivity contribution < 1.29 is 18.7 Å². The highest BCUT2D eigenvalue weighted by Crippen LogP contribution is 2.19. The number of urea groups is 1. The number of benzene rings is 1. The molecule has 2 amide bonds. The second-order valence-electron chi connectivity index (χ2n) is 3.18. The van der Waals surface area contributed by atoms with Crippen molar-refractivity contribution in [2.45, 2.75) is 6.54 Å². The summed E-state index contributed by atoms with van der Waals surface area (Å²) in [6.07, 6.45) is 0. The predicted octanol–water partition coefficient (Wildman–Crippen LogP) is 1.52. The normalized spacial score (nSPS) is 10.1. The van der Waals surface area contributed by atoms with E-state index in [1.54, 1.807) is 0 Å². The van der Waals surface area contributed by atoms with Gasteiger partial charge >= 0.3 is 6.03 Å². The van der Waals surface area contributed by atoms with Gasteiger partial charge in [0.25, 0.3) is 0 Å². The Labute approximate surface area is 105 Å². The number of aliphatic hydroxyl groups excluding tert-OH is 1. The molecular formula is C10H11BrF2N2O2. The van der Waals surface area contributed by atoms with Crippen LogP contribution >= 0.6 is 15.9 Å². The van der Waals surface area contributed by atoms with Gasteiger partial charge in [0.15, 0.2) is 0 Å². The quantitative estimate of drug-likeness (QED) is 0.790. The number of hydrogen-bond acceptors (Lipinski definition) is 2. The van der Waals surface area contributed by atoms with Crippen molar-refractivity contribution in [1.82, 2.24) is 10.6 Å². The van der Waals surface area contributed by atoms with E-state index in [0.29, 0.717) is 4.47 Å². The first-order chi connectivity index (χ1) is 8.04. The molecule has 1 rings (SSSR count). The fourth-order valence-electron chi connectivity index (χ4n) is 1.14. The van der Waals surface area contributed by atoms with Crippen LogP contribution in [-0.4, -0.2) is 24.3 Å². The monoisotopic (exact) mass is 308 g/mol. The van der Waals surface area contributed by atoms with Gasteiger partial charge in [0.1, 0.15) is 11.6 Å². The number of nitrogens with one attached hydrogen (secondary N) is 2. The van der Waals surface area contributed by atoms with E-state index in [4.69, 9.17) is 5.11 Å². The van der Waals surface area contributed by atoms with Crippen LogP contribution in [0.25, 0.3) is 0 Å². The molecule has 1 aromatic rings. The number of rotatable bonds is 4. The summed E-state index contributed by atoms with van der Waals surface area (Å²) in [5.41, 5.74) is -0.215. The van der Waals surface area contributed by atoms with Crippen LogP contribution in [0.3, 0.4) is 0 Å². The fraction of sp³-hybridized carbons (Fsp3) is 0.300. The Morgan fingerprint density at radius 1 is 1.29 bits per heavy atom. The summed E-state index contributed by atoms with van der Waals surface area (Å²) in [6.45, 7) is -0.381. The van der Waals surface area contributed by atoms with Gasteiger partial charge in [-0.25, -0.2) is 13.6 Å². The molecule has 7 heteroatoms. The zero-order valence-electron chi connectivity index (χ0n) is 8.77. The number of carbonyl (C=O) groups is 1. The number of hydrogen-bond donors (Lipinski definition) is 3. The van der Waals surface area contributed by atoms with Crippen molar-refractivity contribution in [3.8, 4) is 0 Å². The maximum atomic E-state index is 13.3. The number of carbonyl (C=O) groups excluding carboxylic acids is 1. The van der Waals surface area contributed by atoms with E-state index in [0.717, 1.165) is 12.1 Å². The Hall–Kier alpha value is -1.21. The highest BCUT2D eigenvalue weighted by Gasteiger charge is 2.11. The average molecular weight is 309 g/mol. The van der Waals surface area contributed by atoms with Crippen molar-refractivity contribution in [2.75, 3.05) is 13.2 Å². The first kappa shape index (κ1) is 13.9. The Kier molecular flexibility index (Phi) is 5.30. The third-order valence-electron chi connectivity index (χ3n) is 1.93. The molecule has 0 aliphatic rings. The molecule has 0 unspecified atom stereocenters. The molecule has 0 saturated heterocycles. The number of aliphatic hydroxyl groups is 1. The van der Waals surface area contributed by atoms with Gasteiger partial charge in [-0.15, -0.1) is 0 Å². The van der Waals surface area contributed by atoms with Gasteiger partial charge in [-0.2, -0.15) is 0 Å². The second kappa shape index (κ2) is 6.51. The molecule has 0 aliphatic heterocycles. The van der Waals surface area contributed by atoms with E-state index in [9.17, 15) is 13.6 Å². The van der Waals surface area contributed by atoms with Crippen LogP contribution in [0.15, 0.2) is 16.6 Å². The van der Waals surface area contributed by atoms with Crippen molar-refractivity contribution in [1.29, 1.82) is 0 Å². The van der Waals surface area contributed by atoms with Crippen molar-refractivity contribution in [2.24, 2.45) is 0 Å². The lowest BCUT2D eigenvalue weighted by atomic mass is 10.2. The lowest BCUT2D eigenvalue weighted by Gasteiger charge is -2.08. The molecule has 0 spiro atoms. The first-order valence-electron chi connectivity index (χ1n) is 4.80. The molecule has 0 bridgehead atoms. The minimum atomic E-state index is -0.737. The van der Waals surface area contributed by atoms with E-state index in [-0.39, 0.29) is 25.3 Å². The lowest BCUT2D eigenvalue weighted by molar-refractivity contribution is 0.233. The van der Waals surface area contributed by atoms with Gasteiger partial charge in [-0.1, -0.05) is 15.9 Å². The molecule has 0 aliphatic carbocycles. The van der Waals surface area contributed by atoms with E-state index in [1.807, 2.05) is 0 Å². The third-order valence-corrected chi connectivity index (χ3v) is 2.39. The molecule has 1 aromatic carbocycles. The maximum Gasteiger partial charge on any atom is 0.315 e. The summed E-state index contributed by atoms with van der Waals surface area (Å²) in [5, 5.41) is 13.0. The highest BCUT2D eigenvalue weighted by atomic mass is 79.9. The van der Waals surface area contributed by atoms with Gasteiger partial charge < -0.3 is 15.7 Å². The summed E-state index contributed by atoms with van der Waals surface area (Å²) in [6, 6.07) is 1.64. The van der Waals surface area contributed by atoms with Crippen LogP contribution in [0.1, 0.15) is 5.56 Å². The molecule has 94 valence electrons. The summed E-state index contributed by atoms with van der Waals surface area (Å²) in [4.78, 5) is 11.1. The Bertz CT molecular complexity index is 392. The molecule has 0 fully saturated rings. The number of halogens is 3. The number of amides is 2. The van der Waals surface area contributed by atoms with Crippen LogP contribution in [0.4, 0.5) is 13.6 Å². The Morgan fingerprint density at radius 2 is 1.88 bits per heavy atom. The van der Waals surface area contributed by atoms with E-state index < -0.39 is 17.7 Å². The summed E-state index contributed by atoms with van der Waals surface area (Å²) >= 11 is 2.95. The van der Waals surface area contributed by atoms with Gasteiger partial charge in [-0.3, -0.25) is 0 Å². The third kappa shape index (κ3) is 4.27. The fourth-order valence-corrected chi connectivity index (χ4v) is 1.54. The molecule has 3 N–H and O–H groups in total. The molecule has 17 heavy (non-hydrogen) atoms. The lowest BCUT2D eigenvalue weighted by Crippen LogP contribution is -2.36. The summed E-state index contributed by atoms with van der Waals surface area (Å²) in [5.74, 6) is -1.47. The predicted molar refractivity (Wildman–Crippen MR) is 61.4 cm³/mol. The zero-order chi connectivity index (χ0) is 12.8. The van der Waals surface area contributed by atoms with Crippen LogP contribution in [-0.2, 0) is 6.54 Å². The standard InChI is InChI=1S/C10H11BrF2N2O2/c11-6-3-8(12)7(9(13)4-6)5-15-10(17)14-1-2-16/h3-4,16H,1-2,5H2,(H2,14,15,17). The summed E-state index contributed by atoms with van der Waals surface area (Å²) in [7, 11) is 0. The summed E-state index contributed by atoms with van der Waals surface area (Å²) < 4.78 is 27.0. The largest absolute Gasteiger partial charge is 0.395 e. The van der Waals surface area contributed by atoms with Crippen molar-refractivity contribution in [3.05, 3.63) is 33.8 Å². The van der Waals surface area contributed by atoms with E-state index in [2.05, 4.69) is 26.6 Å². The van der Waals surface area contributed by atoms with Crippen LogP contribution in [0.2, 0.25) is 0 Å². The van der Waals surface area contributed by atoms with Crippen molar-refractivity contribution >= 4 is 22.0 Å². The van der Waals surface area contributed by atoms with E-state index in [1.165, 1.54) is 0 Å². The molecular weight excluding hydrogens is 298 g/mol. The zero-order valence-corrected chi connectivity index (χ0v) is 10.4. The average Bonchev–Trinajstić information content (AvgIpc) is 2.24. The molecule has 0 aromatic heterocycles. The second-order valence-corrected chi connectivity index (χ2v) is 4.10. The molecule has 0 heterocycles. The highest BCUT2D eigenvalue weighted by molar-refractivity contribution is 9.10. The van der Waals surface area contributed by atoms with Gasteiger partial charge in [0, 0.05) is 16.6 Å². The molecule has 4 nitrogen and oxygen atoms in total. The Morgan fingerprint density at radius 3 is 2.41 bits per heavy atom. The first-order valence-corrected chi connectivity index (χ1v) is 5.60. The molecule has 0 radical (unpaired) electrons. The topological polar surface area (TPSA) is 61.4 Å². The minimum Gasteiger partial charge on any atom is -0.395 e.